The first-order valence-corrected chi connectivity index (χ1v) is 10.6. The monoisotopic (exact) mass is 417 g/mol. The summed E-state index contributed by atoms with van der Waals surface area (Å²) in [7, 11) is 0. The van der Waals surface area contributed by atoms with E-state index in [4.69, 9.17) is 11.6 Å². The highest BCUT2D eigenvalue weighted by molar-refractivity contribution is 7.17. The van der Waals surface area contributed by atoms with Gasteiger partial charge in [0.05, 0.1) is 4.88 Å². The normalized spacial score (nSPS) is 10.7. The lowest BCUT2D eigenvalue weighted by atomic mass is 10.1. The summed E-state index contributed by atoms with van der Waals surface area (Å²) in [6.07, 6.45) is 0. The SMILES string of the molecule is O=C(c1ccc(-c2cccc(Cl)c2)s1)N(Cc1ccccc1)Cc1ccccc1. The molecule has 0 unspecified atom stereocenters. The molecule has 2 nitrogen and oxygen atoms in total. The molecule has 4 aromatic rings. The Hall–Kier alpha value is -2.88. The molecule has 0 aliphatic carbocycles. The first kappa shape index (κ1) is 19.4. The van der Waals surface area contributed by atoms with Crippen molar-refractivity contribution in [2.75, 3.05) is 0 Å². The molecule has 1 amide bonds. The Morgan fingerprint density at radius 1 is 0.759 bits per heavy atom. The molecule has 0 aliphatic heterocycles. The Morgan fingerprint density at radius 2 is 1.38 bits per heavy atom. The van der Waals surface area contributed by atoms with Crippen molar-refractivity contribution in [3.8, 4) is 10.4 Å². The van der Waals surface area contributed by atoms with E-state index in [0.29, 0.717) is 18.1 Å². The third kappa shape index (κ3) is 4.94. The first-order valence-electron chi connectivity index (χ1n) is 9.42. The van der Waals surface area contributed by atoms with Gasteiger partial charge in [0.2, 0.25) is 0 Å². The summed E-state index contributed by atoms with van der Waals surface area (Å²) in [6, 6.07) is 31.8. The van der Waals surface area contributed by atoms with Gasteiger partial charge in [0, 0.05) is 23.0 Å². The number of benzene rings is 3. The third-order valence-corrected chi connectivity index (χ3v) is 6.00. The first-order chi connectivity index (χ1) is 14.2. The summed E-state index contributed by atoms with van der Waals surface area (Å²) < 4.78 is 0. The fourth-order valence-electron chi connectivity index (χ4n) is 3.21. The molecule has 0 saturated carbocycles. The standard InChI is InChI=1S/C25H20ClNOS/c26-22-13-7-12-21(16-22)23-14-15-24(29-23)25(28)27(17-19-8-3-1-4-9-19)18-20-10-5-2-6-11-20/h1-16H,17-18H2. The molecule has 0 N–H and O–H groups in total. The van der Waals surface area contributed by atoms with Crippen LogP contribution in [0, 0.1) is 0 Å². The molecule has 0 atom stereocenters. The summed E-state index contributed by atoms with van der Waals surface area (Å²) in [5, 5.41) is 0.693. The average Bonchev–Trinajstić information content (AvgIpc) is 3.25. The lowest BCUT2D eigenvalue weighted by molar-refractivity contribution is 0.0735. The number of carbonyl (C=O) groups excluding carboxylic acids is 1. The summed E-state index contributed by atoms with van der Waals surface area (Å²) in [5.41, 5.74) is 3.26. The van der Waals surface area contributed by atoms with Crippen LogP contribution in [0.5, 0.6) is 0 Å². The van der Waals surface area contributed by atoms with E-state index in [9.17, 15) is 4.79 Å². The predicted octanol–water partition coefficient (Wildman–Crippen LogP) is 6.91. The predicted molar refractivity (Wildman–Crippen MR) is 121 cm³/mol. The number of rotatable bonds is 6. The zero-order chi connectivity index (χ0) is 20.1. The van der Waals surface area contributed by atoms with Crippen LogP contribution in [0.2, 0.25) is 5.02 Å². The van der Waals surface area contributed by atoms with Crippen molar-refractivity contribution in [3.05, 3.63) is 118 Å². The number of hydrogen-bond acceptors (Lipinski definition) is 2. The molecule has 1 heterocycles. The molecule has 1 aromatic heterocycles. The summed E-state index contributed by atoms with van der Waals surface area (Å²) in [6.45, 7) is 1.14. The molecular formula is C25H20ClNOS. The quantitative estimate of drug-likeness (QED) is 0.333. The Kier molecular flexibility index (Phi) is 6.09. The Balaban J connectivity index is 1.60. The van der Waals surface area contributed by atoms with E-state index in [1.807, 2.05) is 77.7 Å². The molecule has 144 valence electrons. The minimum atomic E-state index is 0.0379. The van der Waals surface area contributed by atoms with Gasteiger partial charge in [-0.15, -0.1) is 11.3 Å². The van der Waals surface area contributed by atoms with Crippen LogP contribution in [-0.4, -0.2) is 10.8 Å². The smallest absolute Gasteiger partial charge is 0.264 e. The molecule has 29 heavy (non-hydrogen) atoms. The van der Waals surface area contributed by atoms with Crippen molar-refractivity contribution in [1.29, 1.82) is 0 Å². The molecule has 0 saturated heterocycles. The molecule has 4 rings (SSSR count). The molecule has 0 spiro atoms. The minimum absolute atomic E-state index is 0.0379. The van der Waals surface area contributed by atoms with Crippen molar-refractivity contribution in [2.45, 2.75) is 13.1 Å². The summed E-state index contributed by atoms with van der Waals surface area (Å²) >= 11 is 7.63. The fraction of sp³-hybridized carbons (Fsp3) is 0.0800. The number of amides is 1. The number of halogens is 1. The van der Waals surface area contributed by atoms with Crippen molar-refractivity contribution in [1.82, 2.24) is 4.90 Å². The van der Waals surface area contributed by atoms with Gasteiger partial charge in [0.25, 0.3) is 5.91 Å². The maximum absolute atomic E-state index is 13.4. The minimum Gasteiger partial charge on any atom is -0.329 e. The molecule has 3 aromatic carbocycles. The molecular weight excluding hydrogens is 398 g/mol. The van der Waals surface area contributed by atoms with E-state index in [1.165, 1.54) is 11.3 Å². The van der Waals surface area contributed by atoms with Gasteiger partial charge >= 0.3 is 0 Å². The zero-order valence-corrected chi connectivity index (χ0v) is 17.4. The van der Waals surface area contributed by atoms with Crippen molar-refractivity contribution in [2.24, 2.45) is 0 Å². The number of carbonyl (C=O) groups is 1. The van der Waals surface area contributed by atoms with Crippen LogP contribution in [0.25, 0.3) is 10.4 Å². The summed E-state index contributed by atoms with van der Waals surface area (Å²) in [5.74, 6) is 0.0379. The zero-order valence-electron chi connectivity index (χ0n) is 15.8. The maximum atomic E-state index is 13.4. The van der Waals surface area contributed by atoms with E-state index in [1.54, 1.807) is 0 Å². The second-order valence-corrected chi connectivity index (χ2v) is 8.33. The van der Waals surface area contributed by atoms with E-state index >= 15 is 0 Å². The van der Waals surface area contributed by atoms with Gasteiger partial charge in [-0.3, -0.25) is 4.79 Å². The molecule has 0 radical (unpaired) electrons. The average molecular weight is 418 g/mol. The molecule has 0 aliphatic rings. The van der Waals surface area contributed by atoms with Gasteiger partial charge in [-0.1, -0.05) is 84.4 Å². The van der Waals surface area contributed by atoms with Gasteiger partial charge in [0.15, 0.2) is 0 Å². The fourth-order valence-corrected chi connectivity index (χ4v) is 4.37. The van der Waals surface area contributed by atoms with Crippen molar-refractivity contribution < 1.29 is 4.79 Å². The number of hydrogen-bond donors (Lipinski definition) is 0. The number of thiophene rings is 1. The molecule has 0 fully saturated rings. The second kappa shape index (κ2) is 9.08. The van der Waals surface area contributed by atoms with Crippen LogP contribution in [0.1, 0.15) is 20.8 Å². The molecule has 0 bridgehead atoms. The maximum Gasteiger partial charge on any atom is 0.264 e. The van der Waals surface area contributed by atoms with Crippen LogP contribution in [-0.2, 0) is 13.1 Å². The topological polar surface area (TPSA) is 20.3 Å². The van der Waals surface area contributed by atoms with E-state index in [2.05, 4.69) is 24.3 Å². The Labute approximate surface area is 180 Å². The van der Waals surface area contributed by atoms with Gasteiger partial charge in [-0.2, -0.15) is 0 Å². The van der Waals surface area contributed by atoms with Crippen molar-refractivity contribution >= 4 is 28.8 Å². The van der Waals surface area contributed by atoms with E-state index in [-0.39, 0.29) is 5.91 Å². The van der Waals surface area contributed by atoms with Gasteiger partial charge in [-0.05, 0) is 41.0 Å². The van der Waals surface area contributed by atoms with Crippen LogP contribution >= 0.6 is 22.9 Å². The Morgan fingerprint density at radius 3 is 1.97 bits per heavy atom. The van der Waals surface area contributed by atoms with Crippen LogP contribution in [0.4, 0.5) is 0 Å². The Bertz CT molecular complexity index is 1050. The summed E-state index contributed by atoms with van der Waals surface area (Å²) in [4.78, 5) is 17.0. The van der Waals surface area contributed by atoms with Crippen LogP contribution < -0.4 is 0 Å². The third-order valence-electron chi connectivity index (χ3n) is 4.65. The highest BCUT2D eigenvalue weighted by atomic mass is 35.5. The van der Waals surface area contributed by atoms with Crippen molar-refractivity contribution in [3.63, 3.8) is 0 Å². The van der Waals surface area contributed by atoms with Gasteiger partial charge in [0.1, 0.15) is 0 Å². The lowest BCUT2D eigenvalue weighted by Crippen LogP contribution is -2.29. The molecule has 4 heteroatoms. The second-order valence-electron chi connectivity index (χ2n) is 6.81. The van der Waals surface area contributed by atoms with Crippen LogP contribution in [0.3, 0.4) is 0 Å². The van der Waals surface area contributed by atoms with E-state index < -0.39 is 0 Å². The van der Waals surface area contributed by atoms with Gasteiger partial charge < -0.3 is 4.90 Å². The van der Waals surface area contributed by atoms with E-state index in [0.717, 1.165) is 26.4 Å². The highest BCUT2D eigenvalue weighted by Gasteiger charge is 2.19. The lowest BCUT2D eigenvalue weighted by Gasteiger charge is -2.22. The van der Waals surface area contributed by atoms with Crippen LogP contribution in [0.15, 0.2) is 97.1 Å². The number of nitrogens with zero attached hydrogens (tertiary/aromatic N) is 1. The van der Waals surface area contributed by atoms with Gasteiger partial charge in [-0.25, -0.2) is 0 Å². The highest BCUT2D eigenvalue weighted by Crippen LogP contribution is 2.31. The largest absolute Gasteiger partial charge is 0.329 e.